The lowest BCUT2D eigenvalue weighted by molar-refractivity contribution is 0.0732. The van der Waals surface area contributed by atoms with Crippen molar-refractivity contribution in [3.8, 4) is 0 Å². The Hall–Kier alpha value is -2.33. The van der Waals surface area contributed by atoms with Crippen LogP contribution >= 0.6 is 11.6 Å². The minimum atomic E-state index is -0.560. The smallest absolute Gasteiger partial charge is 0.258 e. The molecule has 1 atom stereocenters. The number of rotatable bonds is 3. The predicted molar refractivity (Wildman–Crippen MR) is 97.5 cm³/mol. The van der Waals surface area contributed by atoms with E-state index in [1.54, 1.807) is 11.0 Å². The van der Waals surface area contributed by atoms with Crippen molar-refractivity contribution >= 4 is 28.4 Å². The van der Waals surface area contributed by atoms with Crippen molar-refractivity contribution < 1.29 is 9.18 Å². The monoisotopic (exact) mass is 356 g/mol. The Balaban J connectivity index is 1.61. The molecule has 128 valence electrons. The summed E-state index contributed by atoms with van der Waals surface area (Å²) in [5, 5.41) is 1.34. The van der Waals surface area contributed by atoms with Gasteiger partial charge in [0, 0.05) is 29.7 Å². The summed E-state index contributed by atoms with van der Waals surface area (Å²) in [5.74, 6) is -0.874. The largest absolute Gasteiger partial charge is 0.361 e. The molecule has 0 aliphatic carbocycles. The molecule has 5 heteroatoms. The van der Waals surface area contributed by atoms with Gasteiger partial charge in [-0.05, 0) is 43.0 Å². The second-order valence-corrected chi connectivity index (χ2v) is 6.86. The van der Waals surface area contributed by atoms with Crippen molar-refractivity contribution in [3.05, 3.63) is 70.6 Å². The topological polar surface area (TPSA) is 36.1 Å². The molecule has 3 aromatic rings. The van der Waals surface area contributed by atoms with Gasteiger partial charge < -0.3 is 9.88 Å². The lowest BCUT2D eigenvalue weighted by atomic mass is 10.0. The molecular formula is C20H18ClFN2O. The number of halogens is 2. The summed E-state index contributed by atoms with van der Waals surface area (Å²) in [6.45, 7) is 0.635. The molecule has 1 N–H and O–H groups in total. The first-order valence-electron chi connectivity index (χ1n) is 8.45. The van der Waals surface area contributed by atoms with Gasteiger partial charge in [-0.1, -0.05) is 35.9 Å². The molecule has 0 bridgehead atoms. The molecule has 2 aromatic carbocycles. The lowest BCUT2D eigenvalue weighted by Gasteiger charge is -2.25. The molecule has 1 unspecified atom stereocenters. The third-order valence-electron chi connectivity index (χ3n) is 4.95. The molecule has 1 aliphatic rings. The number of carbonyl (C=O) groups excluding carboxylic acids is 1. The van der Waals surface area contributed by atoms with Crippen LogP contribution in [0.25, 0.3) is 10.9 Å². The number of H-pyrrole nitrogens is 1. The standard InChI is InChI=1S/C20H18ClFN2O/c21-16-7-3-8-17(22)19(16)20(25)24-10-4-5-14(24)11-13-12-23-18-9-2-1-6-15(13)18/h1-3,6-9,12,14,23H,4-5,10-11H2. The van der Waals surface area contributed by atoms with E-state index in [0.29, 0.717) is 6.54 Å². The zero-order valence-corrected chi connectivity index (χ0v) is 14.4. The second-order valence-electron chi connectivity index (χ2n) is 6.45. The zero-order valence-electron chi connectivity index (χ0n) is 13.6. The number of amides is 1. The van der Waals surface area contributed by atoms with Crippen LogP contribution in [0, 0.1) is 5.82 Å². The van der Waals surface area contributed by atoms with Gasteiger partial charge in [-0.25, -0.2) is 4.39 Å². The van der Waals surface area contributed by atoms with E-state index in [1.807, 2.05) is 24.4 Å². The van der Waals surface area contributed by atoms with Crippen molar-refractivity contribution in [1.82, 2.24) is 9.88 Å². The number of fused-ring (bicyclic) bond motifs is 1. The van der Waals surface area contributed by atoms with Gasteiger partial charge in [-0.2, -0.15) is 0 Å². The summed E-state index contributed by atoms with van der Waals surface area (Å²) < 4.78 is 14.1. The van der Waals surface area contributed by atoms with E-state index in [4.69, 9.17) is 11.6 Å². The number of nitrogens with one attached hydrogen (secondary N) is 1. The summed E-state index contributed by atoms with van der Waals surface area (Å²) in [6, 6.07) is 12.5. The fourth-order valence-electron chi connectivity index (χ4n) is 3.72. The summed E-state index contributed by atoms with van der Waals surface area (Å²) in [5.41, 5.74) is 2.25. The highest BCUT2D eigenvalue weighted by atomic mass is 35.5. The van der Waals surface area contributed by atoms with E-state index in [1.165, 1.54) is 23.1 Å². The molecule has 0 spiro atoms. The molecule has 0 saturated carbocycles. The maximum Gasteiger partial charge on any atom is 0.258 e. The maximum atomic E-state index is 14.1. The lowest BCUT2D eigenvalue weighted by Crippen LogP contribution is -2.37. The number of likely N-dealkylation sites (tertiary alicyclic amines) is 1. The van der Waals surface area contributed by atoms with Crippen LogP contribution in [-0.2, 0) is 6.42 Å². The van der Waals surface area contributed by atoms with Crippen molar-refractivity contribution in [1.29, 1.82) is 0 Å². The SMILES string of the molecule is O=C(c1c(F)cccc1Cl)N1CCCC1Cc1c[nH]c2ccccc12. The van der Waals surface area contributed by atoms with E-state index < -0.39 is 5.82 Å². The number of nitrogens with zero attached hydrogens (tertiary/aromatic N) is 1. The van der Waals surface area contributed by atoms with Gasteiger partial charge in [-0.15, -0.1) is 0 Å². The molecule has 3 nitrogen and oxygen atoms in total. The third kappa shape index (κ3) is 2.91. The summed E-state index contributed by atoms with van der Waals surface area (Å²) in [7, 11) is 0. The predicted octanol–water partition coefficient (Wildman–Crippen LogP) is 4.81. The van der Waals surface area contributed by atoms with Gasteiger partial charge in [0.25, 0.3) is 5.91 Å². The van der Waals surface area contributed by atoms with E-state index in [9.17, 15) is 9.18 Å². The summed E-state index contributed by atoms with van der Waals surface area (Å²) in [6.07, 6.45) is 4.59. The Morgan fingerprint density at radius 2 is 2.08 bits per heavy atom. The number of hydrogen-bond acceptors (Lipinski definition) is 1. The molecule has 1 aliphatic heterocycles. The van der Waals surface area contributed by atoms with Crippen LogP contribution in [0.4, 0.5) is 4.39 Å². The van der Waals surface area contributed by atoms with Crippen molar-refractivity contribution in [2.75, 3.05) is 6.54 Å². The van der Waals surface area contributed by atoms with Crippen LogP contribution in [-0.4, -0.2) is 28.4 Å². The quantitative estimate of drug-likeness (QED) is 0.718. The van der Waals surface area contributed by atoms with Gasteiger partial charge in [-0.3, -0.25) is 4.79 Å². The minimum Gasteiger partial charge on any atom is -0.361 e. The Labute approximate surface area is 150 Å². The van der Waals surface area contributed by atoms with Crippen LogP contribution in [0.1, 0.15) is 28.8 Å². The first-order chi connectivity index (χ1) is 12.1. The van der Waals surface area contributed by atoms with Crippen LogP contribution in [0.3, 0.4) is 0 Å². The fraction of sp³-hybridized carbons (Fsp3) is 0.250. The Morgan fingerprint density at radius 3 is 2.92 bits per heavy atom. The first-order valence-corrected chi connectivity index (χ1v) is 8.83. The van der Waals surface area contributed by atoms with Gasteiger partial charge >= 0.3 is 0 Å². The van der Waals surface area contributed by atoms with Gasteiger partial charge in [0.1, 0.15) is 5.82 Å². The summed E-state index contributed by atoms with van der Waals surface area (Å²) >= 11 is 6.08. The normalized spacial score (nSPS) is 17.4. The Kier molecular flexibility index (Phi) is 4.22. The van der Waals surface area contributed by atoms with Gasteiger partial charge in [0.05, 0.1) is 10.6 Å². The van der Waals surface area contributed by atoms with Gasteiger partial charge in [0.15, 0.2) is 0 Å². The summed E-state index contributed by atoms with van der Waals surface area (Å²) in [4.78, 5) is 17.9. The highest BCUT2D eigenvalue weighted by molar-refractivity contribution is 6.33. The van der Waals surface area contributed by atoms with Crippen LogP contribution in [0.2, 0.25) is 5.02 Å². The van der Waals surface area contributed by atoms with Crippen LogP contribution < -0.4 is 0 Å². The average Bonchev–Trinajstić information content (AvgIpc) is 3.22. The highest BCUT2D eigenvalue weighted by Crippen LogP contribution is 2.29. The third-order valence-corrected chi connectivity index (χ3v) is 5.26. The minimum absolute atomic E-state index is 0.0185. The zero-order chi connectivity index (χ0) is 17.4. The van der Waals surface area contributed by atoms with Crippen LogP contribution in [0.15, 0.2) is 48.7 Å². The average molecular weight is 357 g/mol. The Bertz CT molecular complexity index is 916. The molecule has 25 heavy (non-hydrogen) atoms. The molecule has 1 fully saturated rings. The molecule has 1 aromatic heterocycles. The molecule has 1 saturated heterocycles. The number of para-hydroxylation sites is 1. The van der Waals surface area contributed by atoms with Gasteiger partial charge in [0.2, 0.25) is 0 Å². The van der Waals surface area contributed by atoms with E-state index in [0.717, 1.165) is 24.8 Å². The van der Waals surface area contributed by atoms with E-state index in [-0.39, 0.29) is 22.5 Å². The molecular weight excluding hydrogens is 339 g/mol. The molecule has 2 heterocycles. The van der Waals surface area contributed by atoms with E-state index in [2.05, 4.69) is 11.1 Å². The van der Waals surface area contributed by atoms with Crippen LogP contribution in [0.5, 0.6) is 0 Å². The number of hydrogen-bond donors (Lipinski definition) is 1. The van der Waals surface area contributed by atoms with Crippen molar-refractivity contribution in [3.63, 3.8) is 0 Å². The number of benzene rings is 2. The highest BCUT2D eigenvalue weighted by Gasteiger charge is 2.32. The first kappa shape index (κ1) is 16.2. The number of aromatic nitrogens is 1. The van der Waals surface area contributed by atoms with Crippen molar-refractivity contribution in [2.24, 2.45) is 0 Å². The molecule has 1 amide bonds. The number of aromatic amines is 1. The van der Waals surface area contributed by atoms with Crippen molar-refractivity contribution in [2.45, 2.75) is 25.3 Å². The van der Waals surface area contributed by atoms with E-state index >= 15 is 0 Å². The number of carbonyl (C=O) groups is 1. The molecule has 4 rings (SSSR count). The maximum absolute atomic E-state index is 14.1. The molecule has 0 radical (unpaired) electrons. The second kappa shape index (κ2) is 6.52. The Morgan fingerprint density at radius 1 is 1.24 bits per heavy atom. The fourth-order valence-corrected chi connectivity index (χ4v) is 3.96.